The maximum absolute atomic E-state index is 5.25. The molecule has 1 heterocycles. The largest absolute Gasteiger partial charge is 1.00 e. The van der Waals surface area contributed by atoms with Crippen molar-refractivity contribution in [1.82, 2.24) is 4.98 Å². The molecule has 72 valence electrons. The molecular formula is C11H12NO2+. The van der Waals surface area contributed by atoms with E-state index in [1.807, 2.05) is 24.3 Å². The van der Waals surface area contributed by atoms with Crippen LogP contribution in [0.15, 0.2) is 30.3 Å². The van der Waals surface area contributed by atoms with Gasteiger partial charge in [-0.1, -0.05) is 12.1 Å². The second-order valence-corrected chi connectivity index (χ2v) is 2.88. The number of benzene rings is 1. The van der Waals surface area contributed by atoms with Gasteiger partial charge in [-0.3, -0.25) is 0 Å². The van der Waals surface area contributed by atoms with Crippen molar-refractivity contribution >= 4 is 10.9 Å². The molecule has 0 unspecified atom stereocenters. The summed E-state index contributed by atoms with van der Waals surface area (Å²) in [5.41, 5.74) is 0.878. The molecule has 0 amide bonds. The first-order valence-corrected chi connectivity index (χ1v) is 4.33. The Balaban J connectivity index is 0.00000112. The summed E-state index contributed by atoms with van der Waals surface area (Å²) in [5.74, 6) is 1.35. The predicted molar refractivity (Wildman–Crippen MR) is 56.0 cm³/mol. The lowest BCUT2D eigenvalue weighted by Gasteiger charge is -2.06. The summed E-state index contributed by atoms with van der Waals surface area (Å²) in [6.07, 6.45) is 0. The topological polar surface area (TPSA) is 31.4 Å². The van der Waals surface area contributed by atoms with Gasteiger partial charge < -0.3 is 9.47 Å². The van der Waals surface area contributed by atoms with Gasteiger partial charge in [-0.15, -0.1) is 0 Å². The van der Waals surface area contributed by atoms with Crippen molar-refractivity contribution in [2.24, 2.45) is 0 Å². The fraction of sp³-hybridized carbons (Fsp3) is 0.182. The Hall–Kier alpha value is -1.77. The zero-order chi connectivity index (χ0) is 9.97. The highest BCUT2D eigenvalue weighted by atomic mass is 16.5. The number of para-hydroxylation sites is 1. The van der Waals surface area contributed by atoms with Gasteiger partial charge in [-0.05, 0) is 12.1 Å². The average Bonchev–Trinajstić information content (AvgIpc) is 2.27. The Morgan fingerprint density at radius 2 is 1.93 bits per heavy atom. The number of ether oxygens (including phenoxy) is 2. The van der Waals surface area contributed by atoms with E-state index >= 15 is 0 Å². The summed E-state index contributed by atoms with van der Waals surface area (Å²) in [4.78, 5) is 4.30. The molecule has 0 atom stereocenters. The minimum Gasteiger partial charge on any atom is -0.496 e. The molecule has 0 aliphatic rings. The summed E-state index contributed by atoms with van der Waals surface area (Å²) in [6, 6.07) is 9.58. The van der Waals surface area contributed by atoms with E-state index in [-0.39, 0.29) is 1.43 Å². The maximum Gasteiger partial charge on any atom is 1.00 e. The highest BCUT2D eigenvalue weighted by Crippen LogP contribution is 2.27. The van der Waals surface area contributed by atoms with E-state index in [1.165, 1.54) is 0 Å². The molecule has 3 heteroatoms. The van der Waals surface area contributed by atoms with Crippen molar-refractivity contribution in [3.63, 3.8) is 0 Å². The lowest BCUT2D eigenvalue weighted by atomic mass is 10.2. The number of fused-ring (bicyclic) bond motifs is 1. The number of rotatable bonds is 2. The molecule has 0 aliphatic carbocycles. The van der Waals surface area contributed by atoms with Crippen LogP contribution in [0.4, 0.5) is 0 Å². The van der Waals surface area contributed by atoms with E-state index in [0.717, 1.165) is 16.7 Å². The monoisotopic (exact) mass is 190 g/mol. The first kappa shape index (κ1) is 8.81. The molecule has 0 saturated carbocycles. The number of aromatic nitrogens is 1. The van der Waals surface area contributed by atoms with Gasteiger partial charge in [0.2, 0.25) is 5.88 Å². The summed E-state index contributed by atoms with van der Waals surface area (Å²) < 4.78 is 10.3. The first-order valence-electron chi connectivity index (χ1n) is 4.33. The molecule has 1 aromatic carbocycles. The molecule has 0 aliphatic heterocycles. The highest BCUT2D eigenvalue weighted by Gasteiger charge is 2.04. The molecular weight excluding hydrogens is 178 g/mol. The predicted octanol–water partition coefficient (Wildman–Crippen LogP) is 2.36. The normalized spacial score (nSPS) is 10.1. The van der Waals surface area contributed by atoms with Gasteiger partial charge in [-0.2, -0.15) is 0 Å². The van der Waals surface area contributed by atoms with Gasteiger partial charge in [0.1, 0.15) is 5.75 Å². The minimum atomic E-state index is 0. The fourth-order valence-electron chi connectivity index (χ4n) is 1.39. The maximum atomic E-state index is 5.25. The lowest BCUT2D eigenvalue weighted by Crippen LogP contribution is -1.91. The molecule has 2 aromatic rings. The molecule has 0 spiro atoms. The van der Waals surface area contributed by atoms with Crippen LogP contribution < -0.4 is 9.47 Å². The van der Waals surface area contributed by atoms with Crippen LogP contribution in [0.1, 0.15) is 1.43 Å². The molecule has 0 radical (unpaired) electrons. The van der Waals surface area contributed by atoms with E-state index in [0.29, 0.717) is 5.88 Å². The van der Waals surface area contributed by atoms with Crippen molar-refractivity contribution in [3.8, 4) is 11.6 Å². The van der Waals surface area contributed by atoms with E-state index in [1.54, 1.807) is 20.3 Å². The van der Waals surface area contributed by atoms with Crippen molar-refractivity contribution in [1.29, 1.82) is 0 Å². The van der Waals surface area contributed by atoms with E-state index in [2.05, 4.69) is 4.98 Å². The summed E-state index contributed by atoms with van der Waals surface area (Å²) in [7, 11) is 3.23. The Kier molecular flexibility index (Phi) is 2.23. The summed E-state index contributed by atoms with van der Waals surface area (Å²) >= 11 is 0. The standard InChI is InChI=1S/C11H11NO2/c1-13-10-7-11(14-2)12-9-6-4-3-5-8(9)10/h3-7H,1-2H3/p+1. The molecule has 3 nitrogen and oxygen atoms in total. The number of methoxy groups -OCH3 is 2. The van der Waals surface area contributed by atoms with Gasteiger partial charge in [0.25, 0.3) is 0 Å². The van der Waals surface area contributed by atoms with Gasteiger partial charge in [-0.25, -0.2) is 4.98 Å². The second kappa shape index (κ2) is 3.54. The fourth-order valence-corrected chi connectivity index (χ4v) is 1.39. The Morgan fingerprint density at radius 3 is 2.64 bits per heavy atom. The number of hydrogen-bond donors (Lipinski definition) is 0. The van der Waals surface area contributed by atoms with Gasteiger partial charge in [0.05, 0.1) is 19.7 Å². The quantitative estimate of drug-likeness (QED) is 0.728. The molecule has 14 heavy (non-hydrogen) atoms. The third-order valence-corrected chi connectivity index (χ3v) is 2.08. The third-order valence-electron chi connectivity index (χ3n) is 2.08. The average molecular weight is 190 g/mol. The van der Waals surface area contributed by atoms with Crippen molar-refractivity contribution < 1.29 is 10.9 Å². The number of pyridine rings is 1. The second-order valence-electron chi connectivity index (χ2n) is 2.88. The SMILES string of the molecule is COc1cc(OC)c2ccccc2n1.[H+]. The molecule has 0 saturated heterocycles. The van der Waals surface area contributed by atoms with Crippen LogP contribution in [-0.2, 0) is 0 Å². The van der Waals surface area contributed by atoms with Crippen LogP contribution in [0.5, 0.6) is 11.6 Å². The van der Waals surface area contributed by atoms with Crippen molar-refractivity contribution in [2.75, 3.05) is 14.2 Å². The van der Waals surface area contributed by atoms with Crippen LogP contribution in [0.25, 0.3) is 10.9 Å². The molecule has 0 bridgehead atoms. The third kappa shape index (κ3) is 1.37. The van der Waals surface area contributed by atoms with Gasteiger partial charge in [0, 0.05) is 11.5 Å². The molecule has 1 aromatic heterocycles. The smallest absolute Gasteiger partial charge is 0.496 e. The summed E-state index contributed by atoms with van der Waals surface area (Å²) in [6.45, 7) is 0. The van der Waals surface area contributed by atoms with Crippen molar-refractivity contribution in [2.45, 2.75) is 0 Å². The Labute approximate surface area is 83.8 Å². The molecule has 0 N–H and O–H groups in total. The zero-order valence-corrected chi connectivity index (χ0v) is 8.15. The van der Waals surface area contributed by atoms with Gasteiger partial charge in [0.15, 0.2) is 0 Å². The van der Waals surface area contributed by atoms with Crippen LogP contribution in [0.2, 0.25) is 0 Å². The van der Waals surface area contributed by atoms with Gasteiger partial charge >= 0.3 is 1.43 Å². The Morgan fingerprint density at radius 1 is 1.14 bits per heavy atom. The molecule has 2 rings (SSSR count). The van der Waals surface area contributed by atoms with Crippen LogP contribution >= 0.6 is 0 Å². The van der Waals surface area contributed by atoms with E-state index < -0.39 is 0 Å². The number of nitrogens with zero attached hydrogens (tertiary/aromatic N) is 1. The minimum absolute atomic E-state index is 0. The van der Waals surface area contributed by atoms with Crippen LogP contribution in [0.3, 0.4) is 0 Å². The zero-order valence-electron chi connectivity index (χ0n) is 9.15. The Bertz CT molecular complexity index is 459. The van der Waals surface area contributed by atoms with Crippen molar-refractivity contribution in [3.05, 3.63) is 30.3 Å². The molecule has 0 fully saturated rings. The van der Waals surface area contributed by atoms with Crippen LogP contribution in [0, 0.1) is 0 Å². The van der Waals surface area contributed by atoms with Crippen LogP contribution in [-0.4, -0.2) is 19.2 Å². The highest BCUT2D eigenvalue weighted by molar-refractivity contribution is 5.85. The van der Waals surface area contributed by atoms with E-state index in [4.69, 9.17) is 9.47 Å². The first-order chi connectivity index (χ1) is 6.85. The lowest BCUT2D eigenvalue weighted by molar-refractivity contribution is 0.386. The summed E-state index contributed by atoms with van der Waals surface area (Å²) in [5, 5.41) is 0.996. The number of hydrogen-bond acceptors (Lipinski definition) is 3. The van der Waals surface area contributed by atoms with E-state index in [9.17, 15) is 0 Å².